The molecule has 1 N–H and O–H groups in total. The van der Waals surface area contributed by atoms with Crippen molar-refractivity contribution in [2.75, 3.05) is 46.2 Å². The van der Waals surface area contributed by atoms with Gasteiger partial charge in [0, 0.05) is 24.3 Å². The fourth-order valence-electron chi connectivity index (χ4n) is 4.94. The molecule has 3 aliphatic rings. The molecule has 3 heterocycles. The molecule has 0 unspecified atom stereocenters. The highest BCUT2D eigenvalue weighted by Gasteiger charge is 2.26. The van der Waals surface area contributed by atoms with Crippen LogP contribution in [0.25, 0.3) is 5.57 Å². The first-order chi connectivity index (χ1) is 17.0. The van der Waals surface area contributed by atoms with Gasteiger partial charge in [-0.25, -0.2) is 9.97 Å². The van der Waals surface area contributed by atoms with Gasteiger partial charge in [0.2, 0.25) is 0 Å². The second-order valence-electron chi connectivity index (χ2n) is 10.1. The van der Waals surface area contributed by atoms with Gasteiger partial charge in [-0.05, 0) is 69.6 Å². The van der Waals surface area contributed by atoms with E-state index in [0.717, 1.165) is 46.9 Å². The van der Waals surface area contributed by atoms with E-state index in [-0.39, 0.29) is 0 Å². The number of nitrogens with one attached hydrogen (secondary N) is 1. The molecule has 2 aromatic rings. The number of hydrogen-bond donors (Lipinski definition) is 1. The van der Waals surface area contributed by atoms with E-state index in [0.29, 0.717) is 38.8 Å². The van der Waals surface area contributed by atoms with Crippen molar-refractivity contribution < 1.29 is 9.53 Å². The predicted molar refractivity (Wildman–Crippen MR) is 141 cm³/mol. The molecular weight excluding hydrogens is 438 g/mol. The first-order valence-electron chi connectivity index (χ1n) is 12.8. The quantitative estimate of drug-likeness (QED) is 0.601. The van der Waals surface area contributed by atoms with Gasteiger partial charge in [-0.2, -0.15) is 0 Å². The molecule has 1 aromatic carbocycles. The monoisotopic (exact) mass is 477 g/mol. The van der Waals surface area contributed by atoms with Crippen molar-refractivity contribution in [3.63, 3.8) is 0 Å². The second-order valence-corrected chi connectivity index (χ2v) is 10.1. The number of carbonyl (C=O) groups is 1. The molecule has 188 valence electrons. The number of carbonyl (C=O) groups excluding carboxylic acids is 1. The normalized spacial score (nSPS) is 18.5. The molecular formula is C28H39N5O2. The fourth-order valence-corrected chi connectivity index (χ4v) is 4.94. The van der Waals surface area contributed by atoms with Gasteiger partial charge in [-0.15, -0.1) is 0 Å². The lowest BCUT2D eigenvalue weighted by atomic mass is 9.84. The minimum absolute atomic E-state index is 0.414. The van der Waals surface area contributed by atoms with Crippen molar-refractivity contribution in [1.82, 2.24) is 19.8 Å². The molecule has 7 heteroatoms. The predicted octanol–water partition coefficient (Wildman–Crippen LogP) is 4.76. The van der Waals surface area contributed by atoms with Gasteiger partial charge >= 0.3 is 0 Å². The van der Waals surface area contributed by atoms with Crippen LogP contribution in [0.3, 0.4) is 0 Å². The van der Waals surface area contributed by atoms with E-state index >= 15 is 0 Å². The maximum atomic E-state index is 11.0. The molecule has 0 spiro atoms. The lowest BCUT2D eigenvalue weighted by molar-refractivity contribution is -0.108. The molecule has 0 bridgehead atoms. The fraction of sp³-hybridized carbons (Fsp3) is 0.536. The molecule has 1 aliphatic carbocycles. The highest BCUT2D eigenvalue weighted by Crippen LogP contribution is 2.34. The maximum absolute atomic E-state index is 11.0. The maximum Gasteiger partial charge on any atom is 0.157 e. The minimum atomic E-state index is 0.414. The van der Waals surface area contributed by atoms with Gasteiger partial charge in [-0.3, -0.25) is 4.90 Å². The van der Waals surface area contributed by atoms with Crippen LogP contribution >= 0.6 is 0 Å². The smallest absolute Gasteiger partial charge is 0.157 e. The van der Waals surface area contributed by atoms with Crippen molar-refractivity contribution in [3.05, 3.63) is 53.0 Å². The Balaban J connectivity index is 0.000000672. The Labute approximate surface area is 209 Å². The van der Waals surface area contributed by atoms with Crippen LogP contribution in [-0.4, -0.2) is 67.0 Å². The number of rotatable bonds is 6. The number of benzene rings is 1. The number of ether oxygens (including phenoxy) is 1. The molecule has 2 aliphatic heterocycles. The van der Waals surface area contributed by atoms with Gasteiger partial charge in [-0.1, -0.05) is 37.5 Å². The third-order valence-electron chi connectivity index (χ3n) is 6.68. The largest absolute Gasteiger partial charge is 0.377 e. The second kappa shape index (κ2) is 12.4. The summed E-state index contributed by atoms with van der Waals surface area (Å²) in [7, 11) is 6.00. The Morgan fingerprint density at radius 2 is 1.83 bits per heavy atom. The molecule has 1 aromatic heterocycles. The molecule has 7 nitrogen and oxygen atoms in total. The zero-order chi connectivity index (χ0) is 24.6. The summed E-state index contributed by atoms with van der Waals surface area (Å²) in [5.41, 5.74) is 5.73. The van der Waals surface area contributed by atoms with E-state index in [1.54, 1.807) is 0 Å². The molecule has 35 heavy (non-hydrogen) atoms. The van der Waals surface area contributed by atoms with Crippen LogP contribution in [0, 0.1) is 0 Å². The van der Waals surface area contributed by atoms with E-state index in [4.69, 9.17) is 14.7 Å². The van der Waals surface area contributed by atoms with Crippen LogP contribution in [0.15, 0.2) is 30.3 Å². The van der Waals surface area contributed by atoms with Crippen molar-refractivity contribution >= 4 is 23.4 Å². The van der Waals surface area contributed by atoms with Crippen molar-refractivity contribution in [2.45, 2.75) is 57.5 Å². The standard InChI is InChI=1S/C25H30N4O2.C3H9N/c30-13-12-29-16-22-23(17-29)27-24(20-10-14-31-15-11-20)28-25(22)26-21-8-6-19(7-9-21)18-4-2-1-3-5-18;1-4(2)3/h6-10,13,18H,1-5,11-12,14-17H2,(H,26,27,28);1-3H3. The van der Waals surface area contributed by atoms with E-state index in [1.807, 2.05) is 26.0 Å². The van der Waals surface area contributed by atoms with E-state index < -0.39 is 0 Å². The van der Waals surface area contributed by atoms with Gasteiger partial charge < -0.3 is 19.7 Å². The Bertz CT molecular complexity index is 1010. The van der Waals surface area contributed by atoms with Gasteiger partial charge in [0.1, 0.15) is 12.1 Å². The molecule has 1 fully saturated rings. The third kappa shape index (κ3) is 6.97. The van der Waals surface area contributed by atoms with Crippen LogP contribution in [0.5, 0.6) is 0 Å². The third-order valence-corrected chi connectivity index (χ3v) is 6.68. The number of nitrogens with zero attached hydrogens (tertiary/aromatic N) is 4. The van der Waals surface area contributed by atoms with E-state index in [2.05, 4.69) is 40.6 Å². The molecule has 0 saturated heterocycles. The van der Waals surface area contributed by atoms with Gasteiger partial charge in [0.25, 0.3) is 0 Å². The summed E-state index contributed by atoms with van der Waals surface area (Å²) >= 11 is 0. The Kier molecular flexibility index (Phi) is 9.01. The van der Waals surface area contributed by atoms with Gasteiger partial charge in [0.05, 0.1) is 25.5 Å². The van der Waals surface area contributed by atoms with Crippen LogP contribution < -0.4 is 5.32 Å². The summed E-state index contributed by atoms with van der Waals surface area (Å²) < 4.78 is 5.46. The van der Waals surface area contributed by atoms with Crippen LogP contribution in [0.4, 0.5) is 11.5 Å². The Morgan fingerprint density at radius 3 is 2.49 bits per heavy atom. The topological polar surface area (TPSA) is 70.6 Å². The zero-order valence-corrected chi connectivity index (χ0v) is 21.4. The number of aldehydes is 1. The summed E-state index contributed by atoms with van der Waals surface area (Å²) in [4.78, 5) is 24.9. The summed E-state index contributed by atoms with van der Waals surface area (Å²) in [5.74, 6) is 2.33. The number of anilines is 2. The van der Waals surface area contributed by atoms with Crippen molar-refractivity contribution in [2.24, 2.45) is 0 Å². The summed E-state index contributed by atoms with van der Waals surface area (Å²) in [5, 5.41) is 3.55. The van der Waals surface area contributed by atoms with Crippen LogP contribution in [0.2, 0.25) is 0 Å². The first-order valence-corrected chi connectivity index (χ1v) is 12.8. The average Bonchev–Trinajstić information content (AvgIpc) is 3.28. The molecule has 0 radical (unpaired) electrons. The number of fused-ring (bicyclic) bond motifs is 1. The van der Waals surface area contributed by atoms with E-state index in [9.17, 15) is 4.79 Å². The van der Waals surface area contributed by atoms with Crippen LogP contribution in [0.1, 0.15) is 67.1 Å². The highest BCUT2D eigenvalue weighted by atomic mass is 16.5. The zero-order valence-electron chi connectivity index (χ0n) is 21.4. The van der Waals surface area contributed by atoms with Crippen LogP contribution in [-0.2, 0) is 22.6 Å². The Morgan fingerprint density at radius 1 is 1.09 bits per heavy atom. The lowest BCUT2D eigenvalue weighted by Crippen LogP contribution is -2.18. The Hall–Kier alpha value is -2.61. The molecule has 0 atom stereocenters. The molecule has 5 rings (SSSR count). The molecule has 1 saturated carbocycles. The molecule has 0 amide bonds. The minimum Gasteiger partial charge on any atom is -0.377 e. The summed E-state index contributed by atoms with van der Waals surface area (Å²) in [6.45, 7) is 3.10. The summed E-state index contributed by atoms with van der Waals surface area (Å²) in [6.07, 6.45) is 10.5. The van der Waals surface area contributed by atoms with Gasteiger partial charge in [0.15, 0.2) is 5.82 Å². The van der Waals surface area contributed by atoms with E-state index in [1.165, 1.54) is 37.7 Å². The summed E-state index contributed by atoms with van der Waals surface area (Å²) in [6, 6.07) is 8.87. The highest BCUT2D eigenvalue weighted by molar-refractivity contribution is 5.67. The van der Waals surface area contributed by atoms with Crippen molar-refractivity contribution in [3.8, 4) is 0 Å². The first kappa shape index (κ1) is 25.5. The SMILES string of the molecule is CN(C)C.O=CCN1Cc2nc(C3=CCOCC3)nc(Nc3ccc(C4CCCCC4)cc3)c2C1. The number of hydrogen-bond acceptors (Lipinski definition) is 7. The number of aromatic nitrogens is 2. The average molecular weight is 478 g/mol. The van der Waals surface area contributed by atoms with Crippen molar-refractivity contribution in [1.29, 1.82) is 0 Å². The lowest BCUT2D eigenvalue weighted by Gasteiger charge is -2.22.